The molecule has 1 fully saturated rings. The van der Waals surface area contributed by atoms with Gasteiger partial charge in [0, 0.05) is 36.5 Å². The topological polar surface area (TPSA) is 59.5 Å². The molecule has 5 rings (SSSR count). The summed E-state index contributed by atoms with van der Waals surface area (Å²) in [7, 11) is 1.56. The zero-order valence-electron chi connectivity index (χ0n) is 18.3. The molecule has 1 saturated heterocycles. The number of carbonyl (C=O) groups is 2. The number of aromatic nitrogens is 1. The van der Waals surface area contributed by atoms with Gasteiger partial charge in [-0.1, -0.05) is 24.3 Å². The van der Waals surface area contributed by atoms with Crippen molar-refractivity contribution < 1.29 is 27.5 Å². The van der Waals surface area contributed by atoms with Crippen molar-refractivity contribution >= 4 is 11.7 Å². The number of nitrogens with zero attached hydrogens (tertiary/aromatic N) is 2. The number of amides is 1. The van der Waals surface area contributed by atoms with E-state index in [1.54, 1.807) is 36.4 Å². The molecule has 2 aromatic carbocycles. The Hall–Kier alpha value is -3.68. The summed E-state index contributed by atoms with van der Waals surface area (Å²) in [5.41, 5.74) is 0.291. The van der Waals surface area contributed by atoms with Crippen LogP contribution in [-0.2, 0) is 22.9 Å². The number of fused-ring (bicyclic) bond motifs is 3. The van der Waals surface area contributed by atoms with Gasteiger partial charge in [-0.05, 0) is 47.9 Å². The van der Waals surface area contributed by atoms with E-state index in [-0.39, 0.29) is 18.1 Å². The molecule has 0 saturated carbocycles. The number of hydrogen-bond acceptors (Lipinski definition) is 4. The third kappa shape index (κ3) is 3.28. The first-order valence-corrected chi connectivity index (χ1v) is 10.9. The summed E-state index contributed by atoms with van der Waals surface area (Å²) >= 11 is 0. The van der Waals surface area contributed by atoms with Gasteiger partial charge in [-0.25, -0.2) is 0 Å². The lowest BCUT2D eigenvalue weighted by molar-refractivity contribution is -0.137. The molecule has 34 heavy (non-hydrogen) atoms. The monoisotopic (exact) mass is 466 g/mol. The fourth-order valence-corrected chi connectivity index (χ4v) is 5.34. The summed E-state index contributed by atoms with van der Waals surface area (Å²) in [6.45, 7) is 0.327. The highest BCUT2D eigenvalue weighted by atomic mass is 19.4. The van der Waals surface area contributed by atoms with Crippen LogP contribution in [0.15, 0.2) is 67.0 Å². The van der Waals surface area contributed by atoms with Gasteiger partial charge in [-0.2, -0.15) is 13.2 Å². The zero-order valence-corrected chi connectivity index (χ0v) is 18.3. The van der Waals surface area contributed by atoms with Gasteiger partial charge >= 0.3 is 6.18 Å². The number of ketones is 1. The maximum Gasteiger partial charge on any atom is 0.416 e. The van der Waals surface area contributed by atoms with Crippen molar-refractivity contribution in [3.8, 4) is 5.75 Å². The van der Waals surface area contributed by atoms with E-state index in [0.29, 0.717) is 35.4 Å². The zero-order chi connectivity index (χ0) is 24.1. The third-order valence-electron chi connectivity index (χ3n) is 6.86. The van der Waals surface area contributed by atoms with Crippen LogP contribution >= 0.6 is 0 Å². The van der Waals surface area contributed by atoms with E-state index in [4.69, 9.17) is 4.74 Å². The van der Waals surface area contributed by atoms with E-state index in [1.807, 2.05) is 12.1 Å². The van der Waals surface area contributed by atoms with Crippen molar-refractivity contribution in [2.75, 3.05) is 13.7 Å². The van der Waals surface area contributed by atoms with Crippen LogP contribution in [0.3, 0.4) is 0 Å². The maximum absolute atomic E-state index is 13.7. The van der Waals surface area contributed by atoms with E-state index >= 15 is 0 Å². The average molecular weight is 466 g/mol. The molecule has 0 radical (unpaired) electrons. The number of Topliss-reactive ketones (excluding diaryl/α,β-unsaturated/α-hetero) is 1. The van der Waals surface area contributed by atoms with Crippen LogP contribution in [-0.4, -0.2) is 35.2 Å². The van der Waals surface area contributed by atoms with Crippen LogP contribution in [0.5, 0.6) is 5.75 Å². The van der Waals surface area contributed by atoms with Crippen LogP contribution in [0.2, 0.25) is 0 Å². The van der Waals surface area contributed by atoms with Crippen LogP contribution in [0.4, 0.5) is 13.2 Å². The van der Waals surface area contributed by atoms with E-state index in [9.17, 15) is 22.8 Å². The van der Waals surface area contributed by atoms with Crippen molar-refractivity contribution in [3.05, 3.63) is 94.8 Å². The number of carbonyl (C=O) groups excluding carboxylic acids is 2. The highest BCUT2D eigenvalue weighted by Crippen LogP contribution is 2.54. The van der Waals surface area contributed by atoms with Gasteiger partial charge in [0.1, 0.15) is 17.1 Å². The van der Waals surface area contributed by atoms with Crippen LogP contribution in [0.1, 0.15) is 39.0 Å². The standard InChI is InChI=1S/C26H21F3N2O3/c1-34-19-8-2-16(3-9-19)14-23(32)21-11-13-31-24(33)20-10-12-30-15-22(20)25(21,31)17-4-6-18(7-5-17)26(27,28)29/h2-10,12,15,21H,11,13-14H2,1H3. The Kier molecular flexibility index (Phi) is 5.19. The quantitative estimate of drug-likeness (QED) is 0.550. The Balaban J connectivity index is 1.61. The summed E-state index contributed by atoms with van der Waals surface area (Å²) in [5, 5.41) is 0. The number of ether oxygens (including phenoxy) is 1. The van der Waals surface area contributed by atoms with Gasteiger partial charge in [0.15, 0.2) is 0 Å². The fraction of sp³-hybridized carbons (Fsp3) is 0.269. The van der Waals surface area contributed by atoms with Gasteiger partial charge in [0.05, 0.1) is 18.6 Å². The van der Waals surface area contributed by atoms with E-state index in [2.05, 4.69) is 4.98 Å². The second-order valence-corrected chi connectivity index (χ2v) is 8.55. The smallest absolute Gasteiger partial charge is 0.416 e. The number of benzene rings is 2. The number of pyridine rings is 1. The number of rotatable bonds is 5. The van der Waals surface area contributed by atoms with Crippen molar-refractivity contribution in [1.82, 2.24) is 9.88 Å². The SMILES string of the molecule is COc1ccc(CC(=O)C2CCN3C(=O)c4ccncc4C23c2ccc(C(F)(F)F)cc2)cc1. The van der Waals surface area contributed by atoms with Gasteiger partial charge in [-0.3, -0.25) is 14.6 Å². The lowest BCUT2D eigenvalue weighted by Crippen LogP contribution is -2.46. The van der Waals surface area contributed by atoms with Gasteiger partial charge in [0.2, 0.25) is 0 Å². The van der Waals surface area contributed by atoms with Crippen LogP contribution in [0.25, 0.3) is 0 Å². The van der Waals surface area contributed by atoms with Crippen molar-refractivity contribution in [2.24, 2.45) is 5.92 Å². The second-order valence-electron chi connectivity index (χ2n) is 8.55. The number of halogens is 3. The summed E-state index contributed by atoms with van der Waals surface area (Å²) in [5.74, 6) is -0.277. The molecule has 0 spiro atoms. The number of alkyl halides is 3. The van der Waals surface area contributed by atoms with Crippen molar-refractivity contribution in [2.45, 2.75) is 24.6 Å². The molecule has 2 unspecified atom stereocenters. The minimum Gasteiger partial charge on any atom is -0.497 e. The first-order valence-electron chi connectivity index (χ1n) is 10.9. The molecule has 2 atom stereocenters. The van der Waals surface area contributed by atoms with Gasteiger partial charge < -0.3 is 9.64 Å². The summed E-state index contributed by atoms with van der Waals surface area (Å²) in [4.78, 5) is 32.8. The molecule has 2 aliphatic rings. The Labute approximate surface area is 194 Å². The predicted molar refractivity (Wildman–Crippen MR) is 117 cm³/mol. The minimum absolute atomic E-state index is 0.0860. The Morgan fingerprint density at radius 3 is 2.47 bits per heavy atom. The van der Waals surface area contributed by atoms with Crippen molar-refractivity contribution in [3.63, 3.8) is 0 Å². The number of hydrogen-bond donors (Lipinski definition) is 0. The minimum atomic E-state index is -4.49. The van der Waals surface area contributed by atoms with E-state index in [1.165, 1.54) is 18.3 Å². The lowest BCUT2D eigenvalue weighted by atomic mass is 9.72. The molecule has 3 aromatic rings. The Morgan fingerprint density at radius 2 is 1.82 bits per heavy atom. The van der Waals surface area contributed by atoms with E-state index in [0.717, 1.165) is 17.7 Å². The Morgan fingerprint density at radius 1 is 1.12 bits per heavy atom. The molecule has 5 nitrogen and oxygen atoms in total. The van der Waals surface area contributed by atoms with E-state index < -0.39 is 23.2 Å². The summed E-state index contributed by atoms with van der Waals surface area (Å²) < 4.78 is 44.9. The van der Waals surface area contributed by atoms with Crippen LogP contribution in [0, 0.1) is 5.92 Å². The molecule has 0 N–H and O–H groups in total. The molecule has 0 aliphatic carbocycles. The Bertz CT molecular complexity index is 1260. The molecular formula is C26H21F3N2O3. The first kappa shape index (κ1) is 22.1. The first-order chi connectivity index (χ1) is 16.3. The maximum atomic E-state index is 13.7. The predicted octanol–water partition coefficient (Wildman–Crippen LogP) is 4.64. The normalized spacial score (nSPS) is 21.4. The van der Waals surface area contributed by atoms with Gasteiger partial charge in [-0.15, -0.1) is 0 Å². The number of methoxy groups -OCH3 is 1. The van der Waals surface area contributed by atoms with Crippen LogP contribution < -0.4 is 4.74 Å². The molecule has 174 valence electrons. The van der Waals surface area contributed by atoms with Gasteiger partial charge in [0.25, 0.3) is 5.91 Å². The fourth-order valence-electron chi connectivity index (χ4n) is 5.34. The summed E-state index contributed by atoms with van der Waals surface area (Å²) in [6, 6.07) is 13.5. The van der Waals surface area contributed by atoms with Crippen molar-refractivity contribution in [1.29, 1.82) is 0 Å². The lowest BCUT2D eigenvalue weighted by Gasteiger charge is -2.38. The second kappa shape index (κ2) is 7.97. The molecule has 2 aliphatic heterocycles. The average Bonchev–Trinajstić information content (AvgIpc) is 3.35. The largest absolute Gasteiger partial charge is 0.497 e. The molecule has 0 bridgehead atoms. The third-order valence-corrected chi connectivity index (χ3v) is 6.86. The molecule has 8 heteroatoms. The highest BCUT2D eigenvalue weighted by molar-refractivity contribution is 6.03. The summed E-state index contributed by atoms with van der Waals surface area (Å²) in [6.07, 6.45) is -0.873. The molecule has 3 heterocycles. The molecule has 1 amide bonds. The highest BCUT2D eigenvalue weighted by Gasteiger charge is 2.60. The molecule has 1 aromatic heterocycles. The molecular weight excluding hydrogens is 445 g/mol.